The van der Waals surface area contributed by atoms with Gasteiger partial charge in [0.25, 0.3) is 0 Å². The van der Waals surface area contributed by atoms with Crippen LogP contribution in [0.1, 0.15) is 31.1 Å². The molecule has 1 aromatic rings. The first kappa shape index (κ1) is 13.1. The molecule has 1 aliphatic heterocycles. The molecule has 0 radical (unpaired) electrons. The van der Waals surface area contributed by atoms with Crippen LogP contribution in [0, 0.1) is 5.41 Å². The van der Waals surface area contributed by atoms with E-state index in [1.54, 1.807) is 0 Å². The summed E-state index contributed by atoms with van der Waals surface area (Å²) in [6, 6.07) is 4.40. The zero-order valence-corrected chi connectivity index (χ0v) is 11.5. The van der Waals surface area contributed by atoms with E-state index in [4.69, 9.17) is 4.74 Å². The van der Waals surface area contributed by atoms with E-state index in [1.807, 2.05) is 11.3 Å². The Labute approximate surface area is 108 Å². The van der Waals surface area contributed by atoms with Gasteiger partial charge in [0.2, 0.25) is 0 Å². The Morgan fingerprint density at radius 3 is 3.12 bits per heavy atom. The van der Waals surface area contributed by atoms with Crippen molar-refractivity contribution < 1.29 is 4.74 Å². The molecular weight excluding hydrogens is 230 g/mol. The van der Waals surface area contributed by atoms with Crippen LogP contribution in [-0.2, 0) is 11.2 Å². The Balaban J connectivity index is 1.95. The Bertz CT molecular complexity index is 304. The SMILES string of the molecule is CCCNCC1(Cc2cccs2)CCCOC1. The number of hydrogen-bond donors (Lipinski definition) is 1. The highest BCUT2D eigenvalue weighted by molar-refractivity contribution is 7.09. The molecule has 0 aliphatic carbocycles. The number of rotatable bonds is 6. The van der Waals surface area contributed by atoms with E-state index >= 15 is 0 Å². The molecule has 0 aromatic carbocycles. The van der Waals surface area contributed by atoms with Crippen molar-refractivity contribution >= 4 is 11.3 Å². The largest absolute Gasteiger partial charge is 0.381 e. The fraction of sp³-hybridized carbons (Fsp3) is 0.714. The summed E-state index contributed by atoms with van der Waals surface area (Å²) in [5, 5.41) is 5.76. The average Bonchev–Trinajstić information content (AvgIpc) is 2.83. The molecule has 1 N–H and O–H groups in total. The second-order valence-electron chi connectivity index (χ2n) is 5.09. The van der Waals surface area contributed by atoms with Gasteiger partial charge in [0.1, 0.15) is 0 Å². The highest BCUT2D eigenvalue weighted by Gasteiger charge is 2.32. The van der Waals surface area contributed by atoms with E-state index in [-0.39, 0.29) is 0 Å². The van der Waals surface area contributed by atoms with Crippen LogP contribution in [0.5, 0.6) is 0 Å². The van der Waals surface area contributed by atoms with Gasteiger partial charge >= 0.3 is 0 Å². The zero-order chi connectivity index (χ0) is 12.0. The molecule has 0 amide bonds. The monoisotopic (exact) mass is 253 g/mol. The Hall–Kier alpha value is -0.380. The van der Waals surface area contributed by atoms with E-state index in [0.717, 1.165) is 26.3 Å². The Morgan fingerprint density at radius 2 is 2.47 bits per heavy atom. The lowest BCUT2D eigenvalue weighted by atomic mass is 9.79. The van der Waals surface area contributed by atoms with Crippen LogP contribution in [0.4, 0.5) is 0 Å². The summed E-state index contributed by atoms with van der Waals surface area (Å²) in [7, 11) is 0. The van der Waals surface area contributed by atoms with Crippen LogP contribution in [0.25, 0.3) is 0 Å². The van der Waals surface area contributed by atoms with Crippen molar-refractivity contribution in [3.63, 3.8) is 0 Å². The quantitative estimate of drug-likeness (QED) is 0.787. The van der Waals surface area contributed by atoms with Crippen molar-refractivity contribution in [3.8, 4) is 0 Å². The molecule has 1 aliphatic rings. The lowest BCUT2D eigenvalue weighted by molar-refractivity contribution is -0.00665. The molecule has 1 aromatic heterocycles. The first-order chi connectivity index (χ1) is 8.35. The third-order valence-electron chi connectivity index (χ3n) is 3.46. The number of thiophene rings is 1. The van der Waals surface area contributed by atoms with Gasteiger partial charge in [0.15, 0.2) is 0 Å². The summed E-state index contributed by atoms with van der Waals surface area (Å²) in [6.45, 7) is 6.29. The van der Waals surface area contributed by atoms with Gasteiger partial charge in [-0.15, -0.1) is 11.3 Å². The van der Waals surface area contributed by atoms with E-state index in [2.05, 4.69) is 29.8 Å². The maximum Gasteiger partial charge on any atom is 0.0538 e. The molecule has 1 atom stereocenters. The standard InChI is InChI=1S/C14H23NOS/c1-2-7-15-11-14(6-4-8-16-12-14)10-13-5-3-9-17-13/h3,5,9,15H,2,4,6-8,10-12H2,1H3. The number of ether oxygens (including phenoxy) is 1. The van der Waals surface area contributed by atoms with Crippen molar-refractivity contribution in [2.24, 2.45) is 5.41 Å². The minimum absolute atomic E-state index is 0.332. The van der Waals surface area contributed by atoms with E-state index in [1.165, 1.54) is 30.6 Å². The predicted molar refractivity (Wildman–Crippen MR) is 73.7 cm³/mol. The second kappa shape index (κ2) is 6.53. The fourth-order valence-electron chi connectivity index (χ4n) is 2.56. The average molecular weight is 253 g/mol. The van der Waals surface area contributed by atoms with Gasteiger partial charge in [-0.05, 0) is 43.7 Å². The summed E-state index contributed by atoms with van der Waals surface area (Å²) in [5.41, 5.74) is 0.332. The number of hydrogen-bond acceptors (Lipinski definition) is 3. The van der Waals surface area contributed by atoms with Gasteiger partial charge in [-0.25, -0.2) is 0 Å². The number of nitrogens with one attached hydrogen (secondary N) is 1. The summed E-state index contributed by atoms with van der Waals surface area (Å²) in [5.74, 6) is 0. The first-order valence-electron chi connectivity index (χ1n) is 6.65. The smallest absolute Gasteiger partial charge is 0.0538 e. The molecule has 2 rings (SSSR count). The molecule has 96 valence electrons. The molecule has 2 heterocycles. The minimum Gasteiger partial charge on any atom is -0.381 e. The third-order valence-corrected chi connectivity index (χ3v) is 4.34. The van der Waals surface area contributed by atoms with Crippen molar-refractivity contribution in [3.05, 3.63) is 22.4 Å². The van der Waals surface area contributed by atoms with Crippen LogP contribution < -0.4 is 5.32 Å². The molecule has 0 spiro atoms. The van der Waals surface area contributed by atoms with E-state index in [0.29, 0.717) is 5.41 Å². The maximum absolute atomic E-state index is 5.73. The topological polar surface area (TPSA) is 21.3 Å². The molecule has 3 heteroatoms. The summed E-state index contributed by atoms with van der Waals surface area (Å²) in [4.78, 5) is 1.49. The Kier molecular flexibility index (Phi) is 5.01. The first-order valence-corrected chi connectivity index (χ1v) is 7.53. The molecule has 0 saturated carbocycles. The van der Waals surface area contributed by atoms with Crippen molar-refractivity contribution in [1.29, 1.82) is 0 Å². The summed E-state index contributed by atoms with van der Waals surface area (Å²) in [6.07, 6.45) is 4.87. The molecule has 1 fully saturated rings. The van der Waals surface area contributed by atoms with Gasteiger partial charge in [0, 0.05) is 23.4 Å². The van der Waals surface area contributed by atoms with Crippen LogP contribution >= 0.6 is 11.3 Å². The lowest BCUT2D eigenvalue weighted by Gasteiger charge is -2.37. The van der Waals surface area contributed by atoms with Crippen molar-refractivity contribution in [2.45, 2.75) is 32.6 Å². The van der Waals surface area contributed by atoms with E-state index in [9.17, 15) is 0 Å². The van der Waals surface area contributed by atoms with E-state index < -0.39 is 0 Å². The molecule has 1 unspecified atom stereocenters. The highest BCUT2D eigenvalue weighted by Crippen LogP contribution is 2.33. The molecular formula is C14H23NOS. The molecule has 2 nitrogen and oxygen atoms in total. The predicted octanol–water partition coefficient (Wildman–Crippen LogP) is 3.09. The third kappa shape index (κ3) is 3.80. The summed E-state index contributed by atoms with van der Waals surface area (Å²) >= 11 is 1.87. The van der Waals surface area contributed by atoms with Crippen LogP contribution in [0.2, 0.25) is 0 Å². The maximum atomic E-state index is 5.73. The van der Waals surface area contributed by atoms with Gasteiger partial charge < -0.3 is 10.1 Å². The van der Waals surface area contributed by atoms with Gasteiger partial charge in [-0.2, -0.15) is 0 Å². The molecule has 17 heavy (non-hydrogen) atoms. The van der Waals surface area contributed by atoms with Crippen LogP contribution in [-0.4, -0.2) is 26.3 Å². The normalized spacial score (nSPS) is 25.0. The molecule has 1 saturated heterocycles. The van der Waals surface area contributed by atoms with Crippen LogP contribution in [0.3, 0.4) is 0 Å². The van der Waals surface area contributed by atoms with Crippen molar-refractivity contribution in [2.75, 3.05) is 26.3 Å². The molecule has 0 bridgehead atoms. The van der Waals surface area contributed by atoms with Gasteiger partial charge in [0.05, 0.1) is 6.61 Å². The van der Waals surface area contributed by atoms with Crippen LogP contribution in [0.15, 0.2) is 17.5 Å². The highest BCUT2D eigenvalue weighted by atomic mass is 32.1. The summed E-state index contributed by atoms with van der Waals surface area (Å²) < 4.78 is 5.73. The van der Waals surface area contributed by atoms with Crippen molar-refractivity contribution in [1.82, 2.24) is 5.32 Å². The zero-order valence-electron chi connectivity index (χ0n) is 10.7. The van der Waals surface area contributed by atoms with Gasteiger partial charge in [-0.3, -0.25) is 0 Å². The second-order valence-corrected chi connectivity index (χ2v) is 6.12. The fourth-order valence-corrected chi connectivity index (χ4v) is 3.44. The lowest BCUT2D eigenvalue weighted by Crippen LogP contribution is -2.42. The minimum atomic E-state index is 0.332. The van der Waals surface area contributed by atoms with Gasteiger partial charge in [-0.1, -0.05) is 13.0 Å². The Morgan fingerprint density at radius 1 is 1.53 bits per heavy atom.